The summed E-state index contributed by atoms with van der Waals surface area (Å²) < 4.78 is 39.4. The molecule has 3 rings (SSSR count). The molecule has 2 aliphatic rings. The fourth-order valence-electron chi connectivity index (χ4n) is 3.88. The summed E-state index contributed by atoms with van der Waals surface area (Å²) in [6.45, 7) is 0. The average molecular weight is 294 g/mol. The van der Waals surface area contributed by atoms with Gasteiger partial charge >= 0.3 is 6.18 Å². The summed E-state index contributed by atoms with van der Waals surface area (Å²) in [4.78, 5) is 12.6. The van der Waals surface area contributed by atoms with Gasteiger partial charge in [0.15, 0.2) is 0 Å². The zero-order valence-corrected chi connectivity index (χ0v) is 11.6. The van der Waals surface area contributed by atoms with Crippen LogP contribution in [0.5, 0.6) is 0 Å². The van der Waals surface area contributed by atoms with Gasteiger partial charge in [0.25, 0.3) is 0 Å². The highest BCUT2D eigenvalue weighted by atomic mass is 19.4. The number of alkyl halides is 3. The molecule has 1 fully saturated rings. The topological polar surface area (TPSA) is 17.1 Å². The Morgan fingerprint density at radius 3 is 2.52 bits per heavy atom. The molecule has 1 aromatic rings. The predicted octanol–water partition coefficient (Wildman–Crippen LogP) is 4.58. The van der Waals surface area contributed by atoms with Crippen LogP contribution < -0.4 is 0 Å². The van der Waals surface area contributed by atoms with Crippen molar-refractivity contribution in [2.75, 3.05) is 0 Å². The summed E-state index contributed by atoms with van der Waals surface area (Å²) in [6, 6.07) is 9.03. The molecular formula is C17H17F3O. The molecule has 0 heterocycles. The van der Waals surface area contributed by atoms with Crippen molar-refractivity contribution in [1.29, 1.82) is 0 Å². The van der Waals surface area contributed by atoms with Crippen molar-refractivity contribution in [3.8, 4) is 0 Å². The molecule has 0 N–H and O–H groups in total. The lowest BCUT2D eigenvalue weighted by atomic mass is 9.56. The van der Waals surface area contributed by atoms with Crippen molar-refractivity contribution in [3.05, 3.63) is 47.5 Å². The fourth-order valence-corrected chi connectivity index (χ4v) is 3.88. The summed E-state index contributed by atoms with van der Waals surface area (Å²) in [6.07, 6.45) is -0.916. The highest BCUT2D eigenvalue weighted by molar-refractivity contribution is 5.92. The first-order valence-electron chi connectivity index (χ1n) is 7.29. The van der Waals surface area contributed by atoms with Crippen LogP contribution in [0.1, 0.15) is 37.7 Å². The van der Waals surface area contributed by atoms with Crippen LogP contribution in [0.25, 0.3) is 0 Å². The second-order valence-corrected chi connectivity index (χ2v) is 5.99. The molecule has 0 amide bonds. The first kappa shape index (κ1) is 14.4. The molecule has 0 radical (unpaired) electrons. The minimum Gasteiger partial charge on any atom is -0.299 e. The molecule has 21 heavy (non-hydrogen) atoms. The van der Waals surface area contributed by atoms with E-state index in [2.05, 4.69) is 0 Å². The quantitative estimate of drug-likeness (QED) is 0.693. The van der Waals surface area contributed by atoms with Gasteiger partial charge in [-0.25, -0.2) is 0 Å². The van der Waals surface area contributed by atoms with Gasteiger partial charge in [0.05, 0.1) is 5.41 Å². The van der Waals surface area contributed by atoms with Crippen molar-refractivity contribution < 1.29 is 18.0 Å². The van der Waals surface area contributed by atoms with Gasteiger partial charge in [-0.3, -0.25) is 4.79 Å². The first-order valence-corrected chi connectivity index (χ1v) is 7.29. The number of halogens is 3. The Morgan fingerprint density at radius 1 is 1.14 bits per heavy atom. The van der Waals surface area contributed by atoms with Crippen LogP contribution in [-0.2, 0) is 10.2 Å². The second-order valence-electron chi connectivity index (χ2n) is 5.99. The molecular weight excluding hydrogens is 277 g/mol. The smallest absolute Gasteiger partial charge is 0.299 e. The van der Waals surface area contributed by atoms with Crippen LogP contribution in [0.3, 0.4) is 0 Å². The van der Waals surface area contributed by atoms with Gasteiger partial charge in [0.1, 0.15) is 5.78 Å². The summed E-state index contributed by atoms with van der Waals surface area (Å²) >= 11 is 0. The normalized spacial score (nSPS) is 29.8. The Balaban J connectivity index is 2.11. The third-order valence-corrected chi connectivity index (χ3v) is 4.92. The van der Waals surface area contributed by atoms with Crippen LogP contribution in [-0.4, -0.2) is 12.0 Å². The summed E-state index contributed by atoms with van der Waals surface area (Å²) in [5, 5.41) is 0. The number of allylic oxidation sites excluding steroid dienone is 2. The molecule has 1 saturated carbocycles. The molecule has 0 aliphatic heterocycles. The number of carbonyl (C=O) groups is 1. The molecule has 0 spiro atoms. The van der Waals surface area contributed by atoms with E-state index >= 15 is 0 Å². The highest BCUT2D eigenvalue weighted by Crippen LogP contribution is 2.52. The third kappa shape index (κ3) is 2.30. The molecule has 2 aliphatic carbocycles. The SMILES string of the molecule is O=C1CCC[C@H]2CC=C(C(F)(F)F)C[C@@]12c1ccccc1. The zero-order chi connectivity index (χ0) is 15.1. The number of ketones is 1. The van der Waals surface area contributed by atoms with Crippen LogP contribution in [0.2, 0.25) is 0 Å². The Hall–Kier alpha value is -1.58. The minimum atomic E-state index is -4.34. The van der Waals surface area contributed by atoms with E-state index in [1.165, 1.54) is 6.08 Å². The van der Waals surface area contributed by atoms with Crippen LogP contribution >= 0.6 is 0 Å². The lowest BCUT2D eigenvalue weighted by Gasteiger charge is -2.46. The van der Waals surface area contributed by atoms with Gasteiger partial charge in [0, 0.05) is 12.0 Å². The Kier molecular flexibility index (Phi) is 3.42. The van der Waals surface area contributed by atoms with Gasteiger partial charge < -0.3 is 0 Å². The number of fused-ring (bicyclic) bond motifs is 1. The molecule has 112 valence electrons. The van der Waals surface area contributed by atoms with E-state index in [1.807, 2.05) is 6.07 Å². The lowest BCUT2D eigenvalue weighted by molar-refractivity contribution is -0.132. The Labute approximate surface area is 121 Å². The van der Waals surface area contributed by atoms with Crippen LogP contribution in [0.4, 0.5) is 13.2 Å². The molecule has 0 aromatic heterocycles. The second kappa shape index (κ2) is 5.00. The van der Waals surface area contributed by atoms with E-state index in [0.29, 0.717) is 12.8 Å². The van der Waals surface area contributed by atoms with Gasteiger partial charge in [0.2, 0.25) is 0 Å². The van der Waals surface area contributed by atoms with Crippen molar-refractivity contribution in [2.45, 2.75) is 43.7 Å². The standard InChI is InChI=1S/C17H17F3O/c18-17(19,20)14-10-9-13-7-4-8-15(21)16(13,11-14)12-5-2-1-3-6-12/h1-3,5-6,10,13H,4,7-9,11H2/t13-,16-/m0/s1. The number of Topliss-reactive ketones (excluding diaryl/α,β-unsaturated/α-hetero) is 1. The molecule has 1 aromatic carbocycles. The Bertz CT molecular complexity index is 573. The zero-order valence-electron chi connectivity index (χ0n) is 11.6. The van der Waals surface area contributed by atoms with Gasteiger partial charge in [-0.2, -0.15) is 13.2 Å². The van der Waals surface area contributed by atoms with E-state index < -0.39 is 17.2 Å². The Morgan fingerprint density at radius 2 is 1.86 bits per heavy atom. The molecule has 0 saturated heterocycles. The van der Waals surface area contributed by atoms with E-state index in [0.717, 1.165) is 18.4 Å². The monoisotopic (exact) mass is 294 g/mol. The summed E-state index contributed by atoms with van der Waals surface area (Å²) in [7, 11) is 0. The number of carbonyl (C=O) groups excluding carboxylic acids is 1. The summed E-state index contributed by atoms with van der Waals surface area (Å²) in [5.41, 5.74) is -0.772. The van der Waals surface area contributed by atoms with Crippen molar-refractivity contribution in [2.24, 2.45) is 5.92 Å². The maximum Gasteiger partial charge on any atom is 0.412 e. The fraction of sp³-hybridized carbons (Fsp3) is 0.471. The van der Waals surface area contributed by atoms with E-state index in [4.69, 9.17) is 0 Å². The molecule has 1 nitrogen and oxygen atoms in total. The maximum absolute atomic E-state index is 13.1. The molecule has 0 unspecified atom stereocenters. The number of hydrogen-bond acceptors (Lipinski definition) is 1. The van der Waals surface area contributed by atoms with Crippen molar-refractivity contribution in [3.63, 3.8) is 0 Å². The highest BCUT2D eigenvalue weighted by Gasteiger charge is 2.53. The maximum atomic E-state index is 13.1. The first-order chi connectivity index (χ1) is 9.94. The number of hydrogen-bond donors (Lipinski definition) is 0. The van der Waals surface area contributed by atoms with Crippen molar-refractivity contribution >= 4 is 5.78 Å². The largest absolute Gasteiger partial charge is 0.412 e. The lowest BCUT2D eigenvalue weighted by Crippen LogP contribution is -2.48. The summed E-state index contributed by atoms with van der Waals surface area (Å²) in [5.74, 6) is -0.0351. The van der Waals surface area contributed by atoms with E-state index in [-0.39, 0.29) is 18.1 Å². The van der Waals surface area contributed by atoms with Crippen LogP contribution in [0.15, 0.2) is 42.0 Å². The number of benzene rings is 1. The molecule has 0 bridgehead atoms. The van der Waals surface area contributed by atoms with Crippen LogP contribution in [0, 0.1) is 5.92 Å². The van der Waals surface area contributed by atoms with Gasteiger partial charge in [-0.1, -0.05) is 36.4 Å². The van der Waals surface area contributed by atoms with E-state index in [1.54, 1.807) is 24.3 Å². The third-order valence-electron chi connectivity index (χ3n) is 4.92. The minimum absolute atomic E-state index is 0.00718. The van der Waals surface area contributed by atoms with E-state index in [9.17, 15) is 18.0 Å². The van der Waals surface area contributed by atoms with Gasteiger partial charge in [-0.05, 0) is 37.2 Å². The predicted molar refractivity (Wildman–Crippen MR) is 73.8 cm³/mol. The molecule has 2 atom stereocenters. The van der Waals surface area contributed by atoms with Gasteiger partial charge in [-0.15, -0.1) is 0 Å². The molecule has 4 heteroatoms. The average Bonchev–Trinajstić information content (AvgIpc) is 2.47. The number of rotatable bonds is 1. The van der Waals surface area contributed by atoms with Crippen molar-refractivity contribution in [1.82, 2.24) is 0 Å².